The number of imide groups is 1. The third-order valence-electron chi connectivity index (χ3n) is 3.02. The predicted molar refractivity (Wildman–Crippen MR) is 88.3 cm³/mol. The van der Waals surface area contributed by atoms with Crippen LogP contribution in [-0.2, 0) is 6.61 Å². The molecular weight excluding hydrogens is 292 g/mol. The van der Waals surface area contributed by atoms with E-state index in [1.807, 2.05) is 44.2 Å². The van der Waals surface area contributed by atoms with Gasteiger partial charge in [0.2, 0.25) is 0 Å². The zero-order chi connectivity index (χ0) is 16.7. The summed E-state index contributed by atoms with van der Waals surface area (Å²) in [4.78, 5) is 23.9. The van der Waals surface area contributed by atoms with Crippen LogP contribution < -0.4 is 15.4 Å². The van der Waals surface area contributed by atoms with E-state index in [1.54, 1.807) is 24.3 Å². The minimum absolute atomic E-state index is 0.0487. The summed E-state index contributed by atoms with van der Waals surface area (Å²) in [6.45, 7) is 3.99. The number of para-hydroxylation sites is 1. The van der Waals surface area contributed by atoms with Crippen LogP contribution in [0.15, 0.2) is 54.6 Å². The maximum atomic E-state index is 12.2. The van der Waals surface area contributed by atoms with Crippen LogP contribution in [-0.4, -0.2) is 18.0 Å². The molecule has 5 heteroatoms. The van der Waals surface area contributed by atoms with E-state index < -0.39 is 11.9 Å². The van der Waals surface area contributed by atoms with Crippen molar-refractivity contribution in [2.24, 2.45) is 0 Å². The van der Waals surface area contributed by atoms with Crippen molar-refractivity contribution in [1.82, 2.24) is 10.6 Å². The summed E-state index contributed by atoms with van der Waals surface area (Å²) >= 11 is 0. The Bertz CT molecular complexity index is 669. The highest BCUT2D eigenvalue weighted by Crippen LogP contribution is 2.19. The minimum atomic E-state index is -0.525. The molecule has 5 nitrogen and oxygen atoms in total. The Labute approximate surface area is 135 Å². The standard InChI is InChI=1S/C18H20N2O3/c1-13(2)19-18(22)20-17(21)15-10-6-7-11-16(15)23-12-14-8-4-3-5-9-14/h3-11,13H,12H2,1-2H3,(H2,19,20,21,22). The van der Waals surface area contributed by atoms with E-state index in [-0.39, 0.29) is 6.04 Å². The van der Waals surface area contributed by atoms with Gasteiger partial charge in [-0.05, 0) is 31.5 Å². The van der Waals surface area contributed by atoms with Crippen molar-refractivity contribution in [1.29, 1.82) is 0 Å². The van der Waals surface area contributed by atoms with Crippen molar-refractivity contribution >= 4 is 11.9 Å². The molecule has 0 saturated heterocycles. The first-order valence-corrected chi connectivity index (χ1v) is 7.44. The number of amides is 3. The Balaban J connectivity index is 2.04. The lowest BCUT2D eigenvalue weighted by molar-refractivity contribution is 0.0959. The molecule has 0 radical (unpaired) electrons. The van der Waals surface area contributed by atoms with Gasteiger partial charge in [0, 0.05) is 6.04 Å². The monoisotopic (exact) mass is 312 g/mol. The van der Waals surface area contributed by atoms with E-state index in [0.717, 1.165) is 5.56 Å². The Kier molecular flexibility index (Phi) is 5.74. The average molecular weight is 312 g/mol. The Morgan fingerprint density at radius 2 is 1.65 bits per heavy atom. The summed E-state index contributed by atoms with van der Waals surface area (Å²) in [5.74, 6) is -0.0574. The van der Waals surface area contributed by atoms with Gasteiger partial charge < -0.3 is 10.1 Å². The lowest BCUT2D eigenvalue weighted by Crippen LogP contribution is -2.42. The molecule has 0 aromatic heterocycles. The first-order chi connectivity index (χ1) is 11.1. The molecule has 0 spiro atoms. The van der Waals surface area contributed by atoms with Crippen LogP contribution in [0.4, 0.5) is 4.79 Å². The molecule has 2 N–H and O–H groups in total. The van der Waals surface area contributed by atoms with E-state index >= 15 is 0 Å². The van der Waals surface area contributed by atoms with Crippen LogP contribution in [0.1, 0.15) is 29.8 Å². The molecule has 0 saturated carbocycles. The van der Waals surface area contributed by atoms with Crippen molar-refractivity contribution in [3.63, 3.8) is 0 Å². The van der Waals surface area contributed by atoms with Gasteiger partial charge in [-0.25, -0.2) is 4.79 Å². The largest absolute Gasteiger partial charge is 0.488 e. The maximum absolute atomic E-state index is 12.2. The minimum Gasteiger partial charge on any atom is -0.488 e. The number of carbonyl (C=O) groups excluding carboxylic acids is 2. The van der Waals surface area contributed by atoms with Gasteiger partial charge in [0.25, 0.3) is 5.91 Å². The molecule has 23 heavy (non-hydrogen) atoms. The Hall–Kier alpha value is -2.82. The molecule has 0 bridgehead atoms. The van der Waals surface area contributed by atoms with Gasteiger partial charge in [-0.3, -0.25) is 10.1 Å². The quantitative estimate of drug-likeness (QED) is 0.891. The zero-order valence-corrected chi connectivity index (χ0v) is 13.2. The number of carbonyl (C=O) groups is 2. The molecule has 0 heterocycles. The lowest BCUT2D eigenvalue weighted by atomic mass is 10.2. The van der Waals surface area contributed by atoms with E-state index in [0.29, 0.717) is 17.9 Å². The lowest BCUT2D eigenvalue weighted by Gasteiger charge is -2.12. The topological polar surface area (TPSA) is 67.4 Å². The highest BCUT2D eigenvalue weighted by atomic mass is 16.5. The first-order valence-electron chi connectivity index (χ1n) is 7.44. The molecule has 0 aliphatic heterocycles. The van der Waals surface area contributed by atoms with E-state index in [2.05, 4.69) is 10.6 Å². The molecule has 0 unspecified atom stereocenters. The van der Waals surface area contributed by atoms with Crippen molar-refractivity contribution in [2.45, 2.75) is 26.5 Å². The number of hydrogen-bond donors (Lipinski definition) is 2. The number of urea groups is 1. The molecule has 3 amide bonds. The zero-order valence-electron chi connectivity index (χ0n) is 13.2. The second kappa shape index (κ2) is 7.98. The van der Waals surface area contributed by atoms with Crippen molar-refractivity contribution in [2.75, 3.05) is 0 Å². The molecule has 0 atom stereocenters. The van der Waals surface area contributed by atoms with Gasteiger partial charge in [0.1, 0.15) is 12.4 Å². The predicted octanol–water partition coefficient (Wildman–Crippen LogP) is 3.11. The van der Waals surface area contributed by atoms with Gasteiger partial charge in [-0.2, -0.15) is 0 Å². The van der Waals surface area contributed by atoms with Gasteiger partial charge in [0.15, 0.2) is 0 Å². The fourth-order valence-electron chi connectivity index (χ4n) is 1.98. The highest BCUT2D eigenvalue weighted by molar-refractivity contribution is 6.05. The first kappa shape index (κ1) is 16.5. The van der Waals surface area contributed by atoms with Crippen molar-refractivity contribution in [3.8, 4) is 5.75 Å². The molecule has 2 rings (SSSR count). The van der Waals surface area contributed by atoms with Gasteiger partial charge in [0.05, 0.1) is 5.56 Å². The molecular formula is C18H20N2O3. The van der Waals surface area contributed by atoms with Gasteiger partial charge in [-0.15, -0.1) is 0 Å². The SMILES string of the molecule is CC(C)NC(=O)NC(=O)c1ccccc1OCc1ccccc1. The van der Waals surface area contributed by atoms with Crippen LogP contribution in [0.25, 0.3) is 0 Å². The number of nitrogens with one attached hydrogen (secondary N) is 2. The molecule has 120 valence electrons. The van der Waals surface area contributed by atoms with Gasteiger partial charge >= 0.3 is 6.03 Å². The normalized spacial score (nSPS) is 10.2. The summed E-state index contributed by atoms with van der Waals surface area (Å²) < 4.78 is 5.71. The molecule has 0 aliphatic carbocycles. The third-order valence-corrected chi connectivity index (χ3v) is 3.02. The summed E-state index contributed by atoms with van der Waals surface area (Å²) in [5, 5.41) is 4.91. The van der Waals surface area contributed by atoms with E-state index in [1.165, 1.54) is 0 Å². The third kappa shape index (κ3) is 5.14. The Morgan fingerprint density at radius 1 is 1.00 bits per heavy atom. The Morgan fingerprint density at radius 3 is 2.35 bits per heavy atom. The fraction of sp³-hybridized carbons (Fsp3) is 0.222. The average Bonchev–Trinajstić information content (AvgIpc) is 2.53. The second-order valence-electron chi connectivity index (χ2n) is 5.35. The van der Waals surface area contributed by atoms with E-state index in [9.17, 15) is 9.59 Å². The summed E-state index contributed by atoms with van der Waals surface area (Å²) in [6, 6.07) is 15.9. The molecule has 0 aliphatic rings. The highest BCUT2D eigenvalue weighted by Gasteiger charge is 2.15. The number of rotatable bonds is 5. The summed E-state index contributed by atoms with van der Waals surface area (Å²) in [5.41, 5.74) is 1.32. The van der Waals surface area contributed by atoms with Crippen LogP contribution >= 0.6 is 0 Å². The van der Waals surface area contributed by atoms with Crippen molar-refractivity contribution < 1.29 is 14.3 Å². The van der Waals surface area contributed by atoms with Crippen molar-refractivity contribution in [3.05, 3.63) is 65.7 Å². The number of ether oxygens (including phenoxy) is 1. The second-order valence-corrected chi connectivity index (χ2v) is 5.35. The van der Waals surface area contributed by atoms with E-state index in [4.69, 9.17) is 4.74 Å². The number of hydrogen-bond acceptors (Lipinski definition) is 3. The smallest absolute Gasteiger partial charge is 0.321 e. The molecule has 0 fully saturated rings. The molecule has 2 aromatic carbocycles. The summed E-state index contributed by atoms with van der Waals surface area (Å²) in [6.07, 6.45) is 0. The van der Waals surface area contributed by atoms with Crippen LogP contribution in [0.5, 0.6) is 5.75 Å². The van der Waals surface area contributed by atoms with Crippen LogP contribution in [0, 0.1) is 0 Å². The van der Waals surface area contributed by atoms with Crippen LogP contribution in [0.3, 0.4) is 0 Å². The summed E-state index contributed by atoms with van der Waals surface area (Å²) in [7, 11) is 0. The van der Waals surface area contributed by atoms with Gasteiger partial charge in [-0.1, -0.05) is 42.5 Å². The van der Waals surface area contributed by atoms with Crippen LogP contribution in [0.2, 0.25) is 0 Å². The fourth-order valence-corrected chi connectivity index (χ4v) is 1.98. The maximum Gasteiger partial charge on any atom is 0.321 e. The molecule has 2 aromatic rings. The number of benzene rings is 2.